The fourth-order valence-corrected chi connectivity index (χ4v) is 3.41. The quantitative estimate of drug-likeness (QED) is 0.319. The van der Waals surface area contributed by atoms with Crippen molar-refractivity contribution in [3.05, 3.63) is 24.3 Å². The fourth-order valence-electron chi connectivity index (χ4n) is 3.41. The third-order valence-corrected chi connectivity index (χ3v) is 4.91. The summed E-state index contributed by atoms with van der Waals surface area (Å²) in [7, 11) is 0. The van der Waals surface area contributed by atoms with Crippen LogP contribution in [-0.4, -0.2) is 44.7 Å². The van der Waals surface area contributed by atoms with Crippen molar-refractivity contribution in [1.82, 2.24) is 0 Å². The molecule has 1 saturated carbocycles. The third-order valence-electron chi connectivity index (χ3n) is 4.91. The number of aliphatic hydroxyl groups excluding tert-OH is 3. The van der Waals surface area contributed by atoms with E-state index in [0.29, 0.717) is 25.7 Å². The third kappa shape index (κ3) is 8.66. The van der Waals surface area contributed by atoms with Crippen LogP contribution in [-0.2, 0) is 4.79 Å². The summed E-state index contributed by atoms with van der Waals surface area (Å²) in [5.74, 6) is -1.00. The number of carboxylic acids is 1. The fraction of sp³-hybridized carbons (Fsp3) is 0.750. The van der Waals surface area contributed by atoms with Crippen LogP contribution in [0.1, 0.15) is 64.7 Å². The van der Waals surface area contributed by atoms with Gasteiger partial charge in [-0.2, -0.15) is 0 Å². The van der Waals surface area contributed by atoms with E-state index in [9.17, 15) is 20.1 Å². The number of hydrogen-bond acceptors (Lipinski definition) is 4. The van der Waals surface area contributed by atoms with Crippen molar-refractivity contribution in [3.63, 3.8) is 0 Å². The molecule has 0 aromatic carbocycles. The standard InChI is InChI=1S/C20H34O5/c1-2-3-6-9-15(21)12-13-17-16(18(22)14-19(17)23)10-7-4-5-8-11-20(24)25/h4,7,12-13,15-19,21-23H,2-3,5-6,8-11,14H2,1H3,(H,24,25)/b7-4+,13-12+/t15-,16-,17-,18+,19+/m1/s1. The molecule has 4 N–H and O–H groups in total. The van der Waals surface area contributed by atoms with E-state index in [1.54, 1.807) is 6.08 Å². The molecular formula is C20H34O5. The Labute approximate surface area is 151 Å². The van der Waals surface area contributed by atoms with Gasteiger partial charge in [-0.1, -0.05) is 50.5 Å². The van der Waals surface area contributed by atoms with Crippen LogP contribution in [0.3, 0.4) is 0 Å². The lowest BCUT2D eigenvalue weighted by Gasteiger charge is -2.19. The van der Waals surface area contributed by atoms with Crippen molar-refractivity contribution >= 4 is 5.97 Å². The molecule has 5 heteroatoms. The lowest BCUT2D eigenvalue weighted by atomic mass is 9.89. The minimum absolute atomic E-state index is 0.0650. The predicted molar refractivity (Wildman–Crippen MR) is 98.1 cm³/mol. The maximum Gasteiger partial charge on any atom is 0.303 e. The van der Waals surface area contributed by atoms with Crippen molar-refractivity contribution < 1.29 is 25.2 Å². The van der Waals surface area contributed by atoms with Gasteiger partial charge in [0.15, 0.2) is 0 Å². The molecule has 0 heterocycles. The largest absolute Gasteiger partial charge is 0.481 e. The van der Waals surface area contributed by atoms with Gasteiger partial charge in [-0.15, -0.1) is 0 Å². The van der Waals surface area contributed by atoms with Gasteiger partial charge in [-0.05, 0) is 31.6 Å². The van der Waals surface area contributed by atoms with Crippen LogP contribution in [0.5, 0.6) is 0 Å². The summed E-state index contributed by atoms with van der Waals surface area (Å²) in [6.45, 7) is 2.12. The molecule has 0 aliphatic heterocycles. The molecule has 0 radical (unpaired) electrons. The van der Waals surface area contributed by atoms with E-state index in [4.69, 9.17) is 5.11 Å². The highest BCUT2D eigenvalue weighted by molar-refractivity contribution is 5.66. The van der Waals surface area contributed by atoms with Crippen LogP contribution < -0.4 is 0 Å². The molecule has 0 aromatic rings. The highest BCUT2D eigenvalue weighted by atomic mass is 16.4. The lowest BCUT2D eigenvalue weighted by molar-refractivity contribution is -0.137. The van der Waals surface area contributed by atoms with Gasteiger partial charge in [0.25, 0.3) is 0 Å². The Kier molecular flexibility index (Phi) is 10.7. The van der Waals surface area contributed by atoms with Crippen molar-refractivity contribution in [2.75, 3.05) is 0 Å². The maximum absolute atomic E-state index is 10.5. The average molecular weight is 354 g/mol. The Morgan fingerprint density at radius 1 is 1.16 bits per heavy atom. The van der Waals surface area contributed by atoms with Gasteiger partial charge in [-0.3, -0.25) is 4.79 Å². The first kappa shape index (κ1) is 21.9. The Hall–Kier alpha value is -1.17. The van der Waals surface area contributed by atoms with Gasteiger partial charge >= 0.3 is 5.97 Å². The van der Waals surface area contributed by atoms with E-state index in [1.807, 2.05) is 18.2 Å². The van der Waals surface area contributed by atoms with Gasteiger partial charge in [0.2, 0.25) is 0 Å². The van der Waals surface area contributed by atoms with Crippen LogP contribution in [0.2, 0.25) is 0 Å². The monoisotopic (exact) mass is 354 g/mol. The molecule has 1 aliphatic rings. The molecule has 1 fully saturated rings. The molecule has 1 rings (SSSR count). The van der Waals surface area contributed by atoms with Crippen LogP contribution in [0.25, 0.3) is 0 Å². The summed E-state index contributed by atoms with van der Waals surface area (Å²) in [6, 6.07) is 0. The average Bonchev–Trinajstić information content (AvgIpc) is 2.82. The zero-order valence-corrected chi connectivity index (χ0v) is 15.3. The SMILES string of the molecule is CCCCC[C@@H](O)/C=C/[C@@H]1[C@@H](C/C=C/CCCC(=O)O)[C@@H](O)C[C@@H]1O. The molecule has 1 aliphatic carbocycles. The van der Waals surface area contributed by atoms with Crippen LogP contribution in [0, 0.1) is 11.8 Å². The van der Waals surface area contributed by atoms with Crippen molar-refractivity contribution in [3.8, 4) is 0 Å². The second-order valence-electron chi connectivity index (χ2n) is 7.05. The predicted octanol–water partition coefficient (Wildman–Crippen LogP) is 3.04. The van der Waals surface area contributed by atoms with E-state index in [-0.39, 0.29) is 18.3 Å². The van der Waals surface area contributed by atoms with Crippen LogP contribution >= 0.6 is 0 Å². The molecule has 0 bridgehead atoms. The number of rotatable bonds is 12. The maximum atomic E-state index is 10.5. The van der Waals surface area contributed by atoms with Crippen LogP contribution in [0.15, 0.2) is 24.3 Å². The summed E-state index contributed by atoms with van der Waals surface area (Å²) in [5.41, 5.74) is 0. The van der Waals surface area contributed by atoms with Crippen LogP contribution in [0.4, 0.5) is 0 Å². The van der Waals surface area contributed by atoms with E-state index in [2.05, 4.69) is 6.92 Å². The molecule has 5 nitrogen and oxygen atoms in total. The second-order valence-corrected chi connectivity index (χ2v) is 7.05. The normalized spacial score (nSPS) is 28.2. The summed E-state index contributed by atoms with van der Waals surface area (Å²) >= 11 is 0. The number of unbranched alkanes of at least 4 members (excludes halogenated alkanes) is 3. The molecule has 144 valence electrons. The number of carboxylic acid groups (broad SMARTS) is 1. The van der Waals surface area contributed by atoms with Crippen molar-refractivity contribution in [1.29, 1.82) is 0 Å². The van der Waals surface area contributed by atoms with E-state index in [1.165, 1.54) is 0 Å². The smallest absolute Gasteiger partial charge is 0.303 e. The number of hydrogen-bond donors (Lipinski definition) is 4. The van der Waals surface area contributed by atoms with Gasteiger partial charge in [0.1, 0.15) is 0 Å². The number of carbonyl (C=O) groups is 1. The summed E-state index contributed by atoms with van der Waals surface area (Å²) in [5, 5.41) is 39.0. The Morgan fingerprint density at radius 2 is 1.92 bits per heavy atom. The van der Waals surface area contributed by atoms with Gasteiger partial charge < -0.3 is 20.4 Å². The molecule has 5 atom stereocenters. The Morgan fingerprint density at radius 3 is 2.60 bits per heavy atom. The summed E-state index contributed by atoms with van der Waals surface area (Å²) in [6.07, 6.45) is 12.3. The number of aliphatic carboxylic acids is 1. The minimum Gasteiger partial charge on any atom is -0.481 e. The first-order valence-corrected chi connectivity index (χ1v) is 9.55. The van der Waals surface area contributed by atoms with Gasteiger partial charge in [-0.25, -0.2) is 0 Å². The minimum atomic E-state index is -0.787. The highest BCUT2D eigenvalue weighted by Gasteiger charge is 2.39. The zero-order chi connectivity index (χ0) is 18.7. The van der Waals surface area contributed by atoms with Gasteiger partial charge in [0.05, 0.1) is 18.3 Å². The van der Waals surface area contributed by atoms with E-state index >= 15 is 0 Å². The summed E-state index contributed by atoms with van der Waals surface area (Å²) < 4.78 is 0. The molecule has 0 saturated heterocycles. The molecule has 0 aromatic heterocycles. The van der Waals surface area contributed by atoms with E-state index < -0.39 is 24.3 Å². The molecule has 25 heavy (non-hydrogen) atoms. The van der Waals surface area contributed by atoms with Crippen molar-refractivity contribution in [2.45, 2.75) is 83.0 Å². The summed E-state index contributed by atoms with van der Waals surface area (Å²) in [4.78, 5) is 10.5. The first-order chi connectivity index (χ1) is 12.0. The molecule has 0 spiro atoms. The zero-order valence-electron chi connectivity index (χ0n) is 15.3. The number of allylic oxidation sites excluding steroid dienone is 2. The first-order valence-electron chi connectivity index (χ1n) is 9.55. The van der Waals surface area contributed by atoms with E-state index in [0.717, 1.165) is 25.7 Å². The topological polar surface area (TPSA) is 98.0 Å². The highest BCUT2D eigenvalue weighted by Crippen LogP contribution is 2.36. The Bertz CT molecular complexity index is 432. The molecular weight excluding hydrogens is 320 g/mol. The second kappa shape index (κ2) is 12.2. The Balaban J connectivity index is 2.46. The number of aliphatic hydroxyl groups is 3. The molecule has 0 unspecified atom stereocenters. The molecule has 0 amide bonds. The lowest BCUT2D eigenvalue weighted by Crippen LogP contribution is -2.20. The van der Waals surface area contributed by atoms with Gasteiger partial charge in [0, 0.05) is 18.8 Å². The van der Waals surface area contributed by atoms with Crippen molar-refractivity contribution in [2.24, 2.45) is 11.8 Å².